The molecule has 2 aliphatic carbocycles. The van der Waals surface area contributed by atoms with E-state index < -0.39 is 217 Å². The fourth-order valence-corrected chi connectivity index (χ4v) is 15.0. The van der Waals surface area contributed by atoms with Gasteiger partial charge in [-0.1, -0.05) is 96.7 Å². The second-order valence-corrected chi connectivity index (χ2v) is 30.4. The molecule has 588 valence electrons. The Bertz CT molecular complexity index is 3330. The number of aryl methyl sites for hydroxylation is 1. The number of nitrogens with zero attached hydrogens (tertiary/aromatic N) is 10. The van der Waals surface area contributed by atoms with E-state index in [2.05, 4.69) is 16.0 Å². The molecule has 5 aliphatic rings. The highest BCUT2D eigenvalue weighted by Gasteiger charge is 2.50. The van der Waals surface area contributed by atoms with Gasteiger partial charge in [-0.25, -0.2) is 8.78 Å². The number of likely N-dealkylation sites (tertiary alicyclic amines) is 1. The molecule has 1 aromatic rings. The summed E-state index contributed by atoms with van der Waals surface area (Å²) < 4.78 is 76.1. The van der Waals surface area contributed by atoms with Crippen molar-refractivity contribution in [1.29, 1.82) is 0 Å². The van der Waals surface area contributed by atoms with Gasteiger partial charge >= 0.3 is 6.18 Å². The molecule has 0 radical (unpaired) electrons. The third kappa shape index (κ3) is 21.5. The number of likely N-dealkylation sites (N-methyl/N-ethyl adjacent to an activating group) is 8. The third-order valence-electron chi connectivity index (χ3n) is 21.7. The first kappa shape index (κ1) is 86.2. The lowest BCUT2D eigenvalue weighted by atomic mass is 9.84. The number of alkyl halides is 5. The van der Waals surface area contributed by atoms with Gasteiger partial charge < -0.3 is 69.7 Å². The molecule has 2 saturated carbocycles. The molecule has 0 aromatic heterocycles. The van der Waals surface area contributed by atoms with Gasteiger partial charge in [-0.2, -0.15) is 13.2 Å². The molecule has 0 bridgehead atoms. The number of hydrogen-bond acceptors (Lipinski definition) is 14. The van der Waals surface area contributed by atoms with E-state index in [1.165, 1.54) is 90.0 Å². The third-order valence-corrected chi connectivity index (χ3v) is 22.1. The first-order chi connectivity index (χ1) is 49.1. The summed E-state index contributed by atoms with van der Waals surface area (Å²) in [5.41, 5.74) is -1.02. The average Bonchev–Trinajstić information content (AvgIpc) is 1.09. The van der Waals surface area contributed by atoms with Gasteiger partial charge in [0.05, 0.1) is 49.7 Å². The van der Waals surface area contributed by atoms with Gasteiger partial charge in [-0.05, 0) is 93.2 Å². The molecule has 27 nitrogen and oxygen atoms in total. The van der Waals surface area contributed by atoms with Crippen molar-refractivity contribution in [3.63, 3.8) is 0 Å². The lowest BCUT2D eigenvalue weighted by Gasteiger charge is -2.45. The van der Waals surface area contributed by atoms with E-state index in [1.807, 2.05) is 13.8 Å². The van der Waals surface area contributed by atoms with E-state index in [-0.39, 0.29) is 49.6 Å². The Kier molecular flexibility index (Phi) is 30.5. The molecule has 0 spiro atoms. The van der Waals surface area contributed by atoms with Crippen LogP contribution >= 0.6 is 11.6 Å². The number of rotatable bonds is 15. The van der Waals surface area contributed by atoms with Crippen LogP contribution < -0.4 is 16.0 Å². The number of nitrogens with one attached hydrogen (secondary N) is 3. The number of fused-ring (bicyclic) bond motifs is 1. The maximum absolute atomic E-state index is 15.4. The summed E-state index contributed by atoms with van der Waals surface area (Å²) in [6.45, 7) is 5.23. The zero-order valence-electron chi connectivity index (χ0n) is 63.3. The molecule has 3 N–H and O–H groups in total. The van der Waals surface area contributed by atoms with Crippen LogP contribution in [0.1, 0.15) is 148 Å². The second-order valence-electron chi connectivity index (χ2n) is 30.0. The van der Waals surface area contributed by atoms with E-state index >= 15 is 24.0 Å². The highest BCUT2D eigenvalue weighted by molar-refractivity contribution is 6.31. The maximum Gasteiger partial charge on any atom is 0.417 e. The van der Waals surface area contributed by atoms with Crippen LogP contribution in [0, 0.1) is 23.7 Å². The first-order valence-corrected chi connectivity index (χ1v) is 36.7. The van der Waals surface area contributed by atoms with Gasteiger partial charge in [0.2, 0.25) is 76.8 Å². The normalized spacial score (nSPS) is 27.2. The van der Waals surface area contributed by atoms with Crippen molar-refractivity contribution in [2.75, 3.05) is 103 Å². The molecule has 105 heavy (non-hydrogen) atoms. The largest absolute Gasteiger partial charge is 0.417 e. The summed E-state index contributed by atoms with van der Waals surface area (Å²) in [4.78, 5) is 204. The Morgan fingerprint density at radius 1 is 0.686 bits per heavy atom. The van der Waals surface area contributed by atoms with Crippen molar-refractivity contribution >= 4 is 88.4 Å². The topological polar surface area (TPSA) is 300 Å². The molecule has 5 fully saturated rings. The number of halogens is 6. The monoisotopic (exact) mass is 1510 g/mol. The van der Waals surface area contributed by atoms with Gasteiger partial charge in [-0.3, -0.25) is 62.3 Å². The van der Waals surface area contributed by atoms with Crippen LogP contribution in [0.25, 0.3) is 0 Å². The molecule has 33 heteroatoms. The van der Waals surface area contributed by atoms with Crippen molar-refractivity contribution in [3.8, 4) is 0 Å². The van der Waals surface area contributed by atoms with E-state index in [0.717, 1.165) is 73.9 Å². The van der Waals surface area contributed by atoms with E-state index in [1.54, 1.807) is 13.8 Å². The zero-order chi connectivity index (χ0) is 78.6. The lowest BCUT2D eigenvalue weighted by molar-refractivity contribution is -0.168. The zero-order valence-corrected chi connectivity index (χ0v) is 64.1. The molecular weight excluding hydrogens is 1400 g/mol. The minimum absolute atomic E-state index is 0.0565. The Labute approximate surface area is 617 Å². The minimum atomic E-state index is -4.85. The van der Waals surface area contributed by atoms with E-state index in [9.17, 15) is 60.3 Å². The van der Waals surface area contributed by atoms with Gasteiger partial charge in [0.15, 0.2) is 0 Å². The van der Waals surface area contributed by atoms with Crippen LogP contribution in [0.15, 0.2) is 18.2 Å². The molecule has 6 rings (SSSR count). The number of methoxy groups -OCH3 is 1. The van der Waals surface area contributed by atoms with Crippen LogP contribution in [0.3, 0.4) is 0 Å². The molecule has 3 heterocycles. The number of ether oxygens (including phenoxy) is 1. The Hall–Kier alpha value is -7.77. The Balaban J connectivity index is 1.48. The molecule has 11 atom stereocenters. The number of benzene rings is 1. The maximum atomic E-state index is 15.4. The first-order valence-electron chi connectivity index (χ1n) is 36.3. The summed E-state index contributed by atoms with van der Waals surface area (Å²) >= 11 is 6.13. The highest BCUT2D eigenvalue weighted by atomic mass is 35.5. The fraction of sp³-hybridized carbons (Fsp3) is 0.736. The summed E-state index contributed by atoms with van der Waals surface area (Å²) in [5, 5.41) is 7.32. The lowest BCUT2D eigenvalue weighted by Crippen LogP contribution is -2.65. The Morgan fingerprint density at radius 3 is 1.82 bits per heavy atom. The SMILES string of the molecule is CC[C@H](C)[C@@H]1NC(=O)[C@H](CC(C)C)N(C)C(=O)C[C@@H](C(=O)N(C)C)N(C)C(=O)[C@H](C2CCCC2)N(C)C(=O)[C@H](COC)NC(=O)[C@H](CC(=O)N2CC(F)(F)C2)N(C)C(=O)C(CCc2ccc(C(F)(F)F)c(Cl)c2)NC(=O)CN(C)C(=O)[C@H](CC2CCCCC2)N(C)C(=O)[C@@H]2CCN2C(=O)[C@H](C)N(C)C1=O. The van der Waals surface area contributed by atoms with Crippen molar-refractivity contribution < 1.29 is 89.0 Å². The number of carbonyl (C=O) groups excluding carboxylic acids is 13. The second kappa shape index (κ2) is 37.2. The fourth-order valence-electron chi connectivity index (χ4n) is 14.7. The van der Waals surface area contributed by atoms with Crippen LogP contribution in [-0.2, 0) is 79.7 Å². The highest BCUT2D eigenvalue weighted by Crippen LogP contribution is 2.37. The predicted octanol–water partition coefficient (Wildman–Crippen LogP) is 4.05. The summed E-state index contributed by atoms with van der Waals surface area (Å²) in [5.74, 6) is -15.7. The van der Waals surface area contributed by atoms with Crippen molar-refractivity contribution in [2.45, 2.75) is 216 Å². The predicted molar refractivity (Wildman–Crippen MR) is 377 cm³/mol. The van der Waals surface area contributed by atoms with E-state index in [4.69, 9.17) is 16.3 Å². The van der Waals surface area contributed by atoms with Gasteiger partial charge in [0, 0.05) is 77.1 Å². The smallest absolute Gasteiger partial charge is 0.382 e. The van der Waals surface area contributed by atoms with Crippen molar-refractivity contribution in [3.05, 3.63) is 34.3 Å². The van der Waals surface area contributed by atoms with Crippen LogP contribution in [0.5, 0.6) is 0 Å². The quantitative estimate of drug-likeness (QED) is 0.209. The summed E-state index contributed by atoms with van der Waals surface area (Å²) in [6, 6.07) is -11.7. The molecule has 1 unspecified atom stereocenters. The van der Waals surface area contributed by atoms with Gasteiger partial charge in [-0.15, -0.1) is 0 Å². The number of amides is 13. The van der Waals surface area contributed by atoms with Crippen LogP contribution in [0.4, 0.5) is 22.0 Å². The number of carbonyl (C=O) groups is 13. The molecular formula is C72H109ClF5N13O14. The van der Waals surface area contributed by atoms with Gasteiger partial charge in [0.1, 0.15) is 60.4 Å². The molecule has 1 aromatic carbocycles. The summed E-state index contributed by atoms with van der Waals surface area (Å²) in [6.07, 6.45) is -0.464. The minimum Gasteiger partial charge on any atom is -0.382 e. The van der Waals surface area contributed by atoms with Crippen LogP contribution in [-0.4, -0.2) is 295 Å². The Morgan fingerprint density at radius 2 is 1.28 bits per heavy atom. The average molecular weight is 1510 g/mol. The molecule has 3 aliphatic heterocycles. The standard InChI is InChI=1S/C72H109ClF5N13O14/c1-16-42(4)59-69(103)84(9)43(5)63(97)91-31-30-51(91)68(102)87(12)54(34-44-22-18-17-19-23-44)67(101)83(8)37-56(92)79-49(29-27-45-26-28-47(48(73)33-45)72(76,77)78)64(98)86(11)53(35-58(94)90-39-71(74,75)40-90)61(95)80-50(38-105-15)65(99)89(14)60(46-24-20-21-25-46)70(104)88(13)55(66(100)82(6)7)36-57(93)85(10)52(32-41(2)3)62(96)81-59/h26,28,33,41-44,46,49-55,59-60H,16-25,27,29-32,34-40H2,1-15H3,(H,79,92)(H,80,95)(H,81,96)/t42-,43-,49?,50-,51-,52-,53-,54-,55-,59-,60-/m0/s1. The van der Waals surface area contributed by atoms with E-state index in [0.29, 0.717) is 44.9 Å². The number of hydrogen-bond donors (Lipinski definition) is 3. The summed E-state index contributed by atoms with van der Waals surface area (Å²) in [7, 11) is 13.1. The van der Waals surface area contributed by atoms with Gasteiger partial charge in [0.25, 0.3) is 5.92 Å². The molecule has 13 amide bonds. The van der Waals surface area contributed by atoms with Crippen molar-refractivity contribution in [2.24, 2.45) is 23.7 Å². The molecule has 3 saturated heterocycles. The van der Waals surface area contributed by atoms with Crippen LogP contribution in [0.2, 0.25) is 5.02 Å². The van der Waals surface area contributed by atoms with Crippen molar-refractivity contribution in [1.82, 2.24) is 64.9 Å².